The molecule has 0 amide bonds. The first-order chi connectivity index (χ1) is 60.6. The number of amidine groups is 11. The molecule has 0 spiro atoms. The maximum atomic E-state index is 10.7. The Bertz CT molecular complexity index is 3410. The van der Waals surface area contributed by atoms with Crippen molar-refractivity contribution in [1.29, 1.82) is 32.5 Å². The second-order valence-electron chi connectivity index (χ2n) is 40.6. The van der Waals surface area contributed by atoms with Crippen molar-refractivity contribution < 1.29 is 56.2 Å². The summed E-state index contributed by atoms with van der Waals surface area (Å²) in [4.78, 5) is 40.5. The molecule has 0 aromatic rings. The lowest BCUT2D eigenvalue weighted by atomic mass is 9.79. The highest BCUT2D eigenvalue weighted by Crippen LogP contribution is 2.35. The molecule has 0 aromatic carbocycles. The first-order valence-corrected chi connectivity index (χ1v) is 57.0. The molecule has 7 atom stereocenters. The minimum Gasteiger partial charge on any atom is -0.389 e. The molecule has 33 nitrogen and oxygen atoms in total. The van der Waals surface area contributed by atoms with E-state index in [-0.39, 0.29) is 53.1 Å². The molecule has 0 aliphatic carbocycles. The molecule has 0 saturated heterocycles. The molecule has 0 rings (SSSR count). The van der Waals surface area contributed by atoms with E-state index < -0.39 is 80.0 Å². The van der Waals surface area contributed by atoms with Crippen molar-refractivity contribution in [2.45, 2.75) is 362 Å². The number of nitrogens with zero attached hydrogens (tertiary/aromatic N) is 16. The predicted octanol–water partition coefficient (Wildman–Crippen LogP) is 13.8. The number of likely N-dealkylation sites (N-methyl/N-ethyl adjacent to an activating group) is 11. The number of aliphatic hydroxyl groups is 11. The van der Waals surface area contributed by atoms with Crippen LogP contribution in [-0.4, -0.2) is 448 Å². The first-order valence-electron chi connectivity index (χ1n) is 48.2. The summed E-state index contributed by atoms with van der Waals surface area (Å²) in [5.41, 5.74) is -6.82. The number of nitrogens with one attached hydrogen (secondary N) is 6. The van der Waals surface area contributed by atoms with Crippen molar-refractivity contribution in [3.05, 3.63) is 25.3 Å². The van der Waals surface area contributed by atoms with E-state index in [2.05, 4.69) is 113 Å². The lowest BCUT2D eigenvalue weighted by molar-refractivity contribution is 0.0105. The third-order valence-corrected chi connectivity index (χ3v) is 40.2. The molecule has 806 valence electrons. The maximum absolute atomic E-state index is 10.7. The molecule has 0 aliphatic rings. The van der Waals surface area contributed by atoms with Crippen LogP contribution in [0.4, 0.5) is 0 Å². The number of rotatable bonds is 33. The fraction of sp³-hybridized carbons (Fsp3) is 0.848. The van der Waals surface area contributed by atoms with Crippen LogP contribution in [0.5, 0.6) is 0 Å². The SMILES string of the molecule is C=CC(C)(O)C(=N)N(C)C.C=CC(O)C(=NC(C)C)N(C)C.CCC(C)(O)C(=N)N(C)C.CCC(O)(C(=NC)N(C)C)C(C)C.CCC(O)(CC)C(=N)N(C)C.CCC(O)(CC)C(=NC)N(C)C.CC[Si](CC)(CC)C(C)(O)C(=N)N(C)C.CC[Si](CC)(CC)C(O)C(=NC(C)C)N(C)C.CN(C)C(=N)C(C)(C)O.CN(C)C(=N)C(C)(O)[Si](C)(C)C.CN=C(N(C)C)C(O)(C(C)C)C(C)C. The van der Waals surface area contributed by atoms with Gasteiger partial charge in [-0.3, -0.25) is 57.4 Å². The summed E-state index contributed by atoms with van der Waals surface area (Å²) in [6.07, 6.45) is 6.02. The Hall–Kier alpha value is -6.14. The predicted molar refractivity (Wildman–Crippen MR) is 597 cm³/mol. The summed E-state index contributed by atoms with van der Waals surface area (Å²) < 4.78 is 0. The van der Waals surface area contributed by atoms with Crippen LogP contribution in [0.25, 0.3) is 0 Å². The van der Waals surface area contributed by atoms with E-state index in [0.717, 1.165) is 59.6 Å². The average molecular weight is 1980 g/mol. The molecular weight excluding hydrogens is 1760 g/mol. The molecule has 135 heavy (non-hydrogen) atoms. The van der Waals surface area contributed by atoms with Crippen LogP contribution in [0, 0.1) is 50.2 Å². The van der Waals surface area contributed by atoms with Crippen LogP contribution in [-0.2, 0) is 0 Å². The molecule has 0 aliphatic heterocycles. The second-order valence-corrected chi connectivity index (χ2v) is 57.1. The Kier molecular flexibility index (Phi) is 78.3. The molecular formula is C99H222N22O11Si3. The van der Waals surface area contributed by atoms with E-state index in [0.29, 0.717) is 61.9 Å². The van der Waals surface area contributed by atoms with Gasteiger partial charge in [-0.15, -0.1) is 6.58 Å². The minimum atomic E-state index is -1.78. The molecule has 0 bridgehead atoms. The van der Waals surface area contributed by atoms with Crippen LogP contribution in [0.3, 0.4) is 0 Å². The summed E-state index contributed by atoms with van der Waals surface area (Å²) in [7, 11) is 40.3. The Morgan fingerprint density at radius 3 is 0.756 bits per heavy atom. The summed E-state index contributed by atoms with van der Waals surface area (Å²) in [5.74, 6) is 5.87. The standard InChI is InChI=1S/C13H30N2OSi.C11H26N2OSi.C11H24N2O.C10H22N2O.C9H20N2O.C9H18N2O.C8H20N2OSi.C8H18N2O.C7H16N2O.C7H14N2O.C6H14N2O/c1-8-17(9-2,10-3)13(16)12(15(6)7)14-11(4)5;1-7-15(8-2,9-3)11(4,14)10(12)13(5)6;1-8(2)11(14,9(3)4)10(12-5)13(6)7;1-7-10(13,8(2)3)9(11-4)12(5)6;1-6-9(12,7-2)8(10-3)11(4)5;1-6-8(12)9(11(4)5)10-7(2)3;1-8(11,12(4,5)6)7(9)10(2)3;1-5-8(11,6-2)7(9)10(3)4;2*1-5-7(2,10)6(8)9(3)4;1-6(2,9)5(7)8(3)4/h11,13,16H,8-10H2,1-7H3;12,14H,7-9H2,1-6H3;8-9,14H,1-7H3;8,13H,7H2,1-6H3;12H,6-7H2,1-5H3;6-8,12H,1H2,2-5H3;9,11H,1-6H3;9,11H,5-6H2,1-4H3;8,10H,5H2,1-4H3;5,8,10H,1H2,2-4H3;7,9H,1-4H3. The van der Waals surface area contributed by atoms with Crippen molar-refractivity contribution in [2.24, 2.45) is 42.7 Å². The number of aliphatic imine (C=N–C) groups is 5. The van der Waals surface area contributed by atoms with Crippen LogP contribution in [0.15, 0.2) is 50.3 Å². The van der Waals surface area contributed by atoms with Gasteiger partial charge in [0.05, 0.1) is 24.2 Å². The van der Waals surface area contributed by atoms with Gasteiger partial charge in [0.15, 0.2) is 0 Å². The highest BCUT2D eigenvalue weighted by Gasteiger charge is 2.50. The summed E-state index contributed by atoms with van der Waals surface area (Å²) in [5, 5.41) is 153. The van der Waals surface area contributed by atoms with Crippen LogP contribution < -0.4 is 0 Å². The largest absolute Gasteiger partial charge is 0.389 e. The van der Waals surface area contributed by atoms with Gasteiger partial charge in [-0.1, -0.05) is 199 Å². The van der Waals surface area contributed by atoms with E-state index >= 15 is 0 Å². The summed E-state index contributed by atoms with van der Waals surface area (Å²) in [6.45, 7) is 67.9. The molecule has 0 aromatic heterocycles. The van der Waals surface area contributed by atoms with Gasteiger partial charge in [0.1, 0.15) is 126 Å². The van der Waals surface area contributed by atoms with Gasteiger partial charge in [0.25, 0.3) is 0 Å². The van der Waals surface area contributed by atoms with Crippen molar-refractivity contribution >= 4 is 88.4 Å². The lowest BCUT2D eigenvalue weighted by Gasteiger charge is -2.44. The van der Waals surface area contributed by atoms with Gasteiger partial charge in [0.2, 0.25) is 0 Å². The molecule has 36 heteroatoms. The molecule has 0 fully saturated rings. The van der Waals surface area contributed by atoms with Gasteiger partial charge in [0, 0.05) is 188 Å². The molecule has 0 heterocycles. The Morgan fingerprint density at radius 2 is 0.630 bits per heavy atom. The van der Waals surface area contributed by atoms with Gasteiger partial charge in [-0.05, 0) is 126 Å². The van der Waals surface area contributed by atoms with E-state index in [1.54, 1.807) is 154 Å². The molecule has 0 radical (unpaired) electrons. The highest BCUT2D eigenvalue weighted by atomic mass is 28.3. The van der Waals surface area contributed by atoms with E-state index in [1.807, 2.05) is 208 Å². The summed E-state index contributed by atoms with van der Waals surface area (Å²) in [6, 6.07) is 6.87. The van der Waals surface area contributed by atoms with Crippen molar-refractivity contribution in [3.63, 3.8) is 0 Å². The van der Waals surface area contributed by atoms with Gasteiger partial charge >= 0.3 is 0 Å². The Labute approximate surface area is 832 Å². The van der Waals surface area contributed by atoms with Crippen LogP contribution >= 0.6 is 0 Å². The zero-order valence-electron chi connectivity index (χ0n) is 97.7. The first kappa shape index (κ1) is 152. The van der Waals surface area contributed by atoms with E-state index in [9.17, 15) is 56.2 Å². The quantitative estimate of drug-likeness (QED) is 0.0126. The topological polar surface area (TPSA) is 463 Å². The van der Waals surface area contributed by atoms with E-state index in [1.165, 1.54) is 19.1 Å². The molecule has 17 N–H and O–H groups in total. The average Bonchev–Trinajstić information content (AvgIpc) is 0.772. The third kappa shape index (κ3) is 52.3. The van der Waals surface area contributed by atoms with E-state index in [4.69, 9.17) is 32.5 Å². The smallest absolute Gasteiger partial charge is 0.136 e. The Balaban J connectivity index is -0.000000140. The Morgan fingerprint density at radius 1 is 0.341 bits per heavy atom. The minimum absolute atomic E-state index is 0.141. The zero-order chi connectivity index (χ0) is 111. The lowest BCUT2D eigenvalue weighted by Crippen LogP contribution is -2.63. The number of hydrogen-bond donors (Lipinski definition) is 17. The number of aliphatic hydroxyl groups excluding tert-OH is 2. The normalized spacial score (nSPS) is 14.8. The second kappa shape index (κ2) is 69.7. The monoisotopic (exact) mass is 1980 g/mol. The zero-order valence-corrected chi connectivity index (χ0v) is 101. The molecule has 0 saturated carbocycles. The number of hydrogen-bond acceptors (Lipinski definition) is 22. The summed E-state index contributed by atoms with van der Waals surface area (Å²) >= 11 is 0. The fourth-order valence-corrected chi connectivity index (χ4v) is 22.8. The fourth-order valence-electron chi connectivity index (χ4n) is 14.0. The highest BCUT2D eigenvalue weighted by molar-refractivity contribution is 6.85. The van der Waals surface area contributed by atoms with Gasteiger partial charge < -0.3 is 110 Å². The van der Waals surface area contributed by atoms with Crippen LogP contribution in [0.1, 0.15) is 232 Å². The van der Waals surface area contributed by atoms with Crippen LogP contribution in [0.2, 0.25) is 55.9 Å². The third-order valence-electron chi connectivity index (χ3n) is 25.0. The maximum Gasteiger partial charge on any atom is 0.136 e. The van der Waals surface area contributed by atoms with Gasteiger partial charge in [-0.2, -0.15) is 0 Å². The van der Waals surface area contributed by atoms with Crippen molar-refractivity contribution in [3.8, 4) is 0 Å². The van der Waals surface area contributed by atoms with Gasteiger partial charge in [-0.25, -0.2) is 0 Å². The molecule has 7 unspecified atom stereocenters. The van der Waals surface area contributed by atoms with Crippen molar-refractivity contribution in [2.75, 3.05) is 176 Å². The van der Waals surface area contributed by atoms with Crippen molar-refractivity contribution in [1.82, 2.24) is 53.9 Å².